The first-order valence-electron chi connectivity index (χ1n) is 9.32. The van der Waals surface area contributed by atoms with Crippen molar-refractivity contribution in [2.24, 2.45) is 5.92 Å². The fraction of sp³-hybridized carbons (Fsp3) is 0.364. The van der Waals surface area contributed by atoms with Crippen LogP contribution >= 0.6 is 0 Å². The van der Waals surface area contributed by atoms with Crippen molar-refractivity contribution >= 4 is 23.2 Å². The van der Waals surface area contributed by atoms with Gasteiger partial charge in [0.05, 0.1) is 5.92 Å². The lowest BCUT2D eigenvalue weighted by atomic mass is 10.0. The van der Waals surface area contributed by atoms with Gasteiger partial charge in [-0.2, -0.15) is 0 Å². The van der Waals surface area contributed by atoms with Gasteiger partial charge in [0.15, 0.2) is 0 Å². The van der Waals surface area contributed by atoms with E-state index in [1.165, 1.54) is 0 Å². The molecule has 0 aliphatic carbocycles. The number of hydrogen-bond acceptors (Lipinski definition) is 2. The van der Waals surface area contributed by atoms with E-state index in [1.54, 1.807) is 4.90 Å². The van der Waals surface area contributed by atoms with E-state index in [4.69, 9.17) is 0 Å². The minimum absolute atomic E-state index is 0.00787. The molecule has 136 valence electrons. The number of nitrogens with one attached hydrogen (secondary N) is 1. The smallest absolute Gasteiger partial charge is 0.229 e. The predicted octanol–water partition coefficient (Wildman–Crippen LogP) is 4.11. The second-order valence-electron chi connectivity index (χ2n) is 6.89. The van der Waals surface area contributed by atoms with Crippen LogP contribution in [-0.2, 0) is 22.4 Å². The van der Waals surface area contributed by atoms with E-state index in [-0.39, 0.29) is 24.2 Å². The first kappa shape index (κ1) is 18.2. The Morgan fingerprint density at radius 3 is 2.27 bits per heavy atom. The summed E-state index contributed by atoms with van der Waals surface area (Å²) >= 11 is 0. The molecule has 1 aliphatic rings. The van der Waals surface area contributed by atoms with Gasteiger partial charge in [-0.25, -0.2) is 0 Å². The summed E-state index contributed by atoms with van der Waals surface area (Å²) in [4.78, 5) is 27.0. The fourth-order valence-corrected chi connectivity index (χ4v) is 3.49. The summed E-state index contributed by atoms with van der Waals surface area (Å²) in [6.45, 7) is 6.62. The van der Waals surface area contributed by atoms with Crippen LogP contribution in [-0.4, -0.2) is 18.4 Å². The van der Waals surface area contributed by atoms with Crippen LogP contribution in [0.3, 0.4) is 0 Å². The molecule has 1 atom stereocenters. The highest BCUT2D eigenvalue weighted by molar-refractivity contribution is 6.04. The monoisotopic (exact) mass is 350 g/mol. The maximum absolute atomic E-state index is 12.8. The summed E-state index contributed by atoms with van der Waals surface area (Å²) in [7, 11) is 0. The average molecular weight is 350 g/mol. The highest BCUT2D eigenvalue weighted by atomic mass is 16.2. The van der Waals surface area contributed by atoms with Crippen molar-refractivity contribution in [1.29, 1.82) is 0 Å². The summed E-state index contributed by atoms with van der Waals surface area (Å²) in [6.07, 6.45) is 1.99. The van der Waals surface area contributed by atoms with Crippen LogP contribution < -0.4 is 10.2 Å². The van der Waals surface area contributed by atoms with Gasteiger partial charge in [-0.1, -0.05) is 49.7 Å². The van der Waals surface area contributed by atoms with Crippen LogP contribution in [0.2, 0.25) is 0 Å². The zero-order chi connectivity index (χ0) is 18.7. The van der Waals surface area contributed by atoms with Gasteiger partial charge in [0, 0.05) is 24.3 Å². The number of carbonyl (C=O) groups is 2. The lowest BCUT2D eigenvalue weighted by Crippen LogP contribution is -2.28. The Bertz CT molecular complexity index is 789. The van der Waals surface area contributed by atoms with Crippen molar-refractivity contribution in [3.8, 4) is 0 Å². The Hall–Kier alpha value is -2.62. The third-order valence-corrected chi connectivity index (χ3v) is 5.09. The minimum atomic E-state index is -0.321. The number of rotatable bonds is 5. The van der Waals surface area contributed by atoms with E-state index < -0.39 is 0 Å². The number of aryl methyl sites for hydroxylation is 3. The molecule has 4 nitrogen and oxygen atoms in total. The highest BCUT2D eigenvalue weighted by Gasteiger charge is 2.35. The van der Waals surface area contributed by atoms with Crippen LogP contribution in [0.5, 0.6) is 0 Å². The number of hydrogen-bond donors (Lipinski definition) is 1. The van der Waals surface area contributed by atoms with E-state index in [9.17, 15) is 9.59 Å². The van der Waals surface area contributed by atoms with E-state index in [0.29, 0.717) is 6.54 Å². The molecule has 0 spiro atoms. The lowest BCUT2D eigenvalue weighted by Gasteiger charge is -2.18. The van der Waals surface area contributed by atoms with Crippen molar-refractivity contribution in [2.45, 2.75) is 40.0 Å². The molecule has 0 bridgehead atoms. The molecular formula is C22H26N2O2. The summed E-state index contributed by atoms with van der Waals surface area (Å²) in [5.74, 6) is -0.379. The van der Waals surface area contributed by atoms with Gasteiger partial charge < -0.3 is 10.2 Å². The van der Waals surface area contributed by atoms with Gasteiger partial charge in [0.25, 0.3) is 0 Å². The largest absolute Gasteiger partial charge is 0.325 e. The van der Waals surface area contributed by atoms with Gasteiger partial charge in [-0.3, -0.25) is 9.59 Å². The second-order valence-corrected chi connectivity index (χ2v) is 6.89. The van der Waals surface area contributed by atoms with Crippen LogP contribution in [0, 0.1) is 12.8 Å². The summed E-state index contributed by atoms with van der Waals surface area (Å²) in [5, 5.41) is 3.11. The van der Waals surface area contributed by atoms with Crippen molar-refractivity contribution < 1.29 is 9.59 Å². The van der Waals surface area contributed by atoms with Crippen molar-refractivity contribution in [3.05, 3.63) is 59.2 Å². The molecule has 2 aromatic rings. The van der Waals surface area contributed by atoms with E-state index >= 15 is 0 Å². The molecular weight excluding hydrogens is 324 g/mol. The molecule has 0 aromatic heterocycles. The van der Waals surface area contributed by atoms with Gasteiger partial charge in [-0.05, 0) is 43.0 Å². The molecule has 0 radical (unpaired) electrons. The molecule has 4 heteroatoms. The van der Waals surface area contributed by atoms with Crippen molar-refractivity contribution in [2.75, 3.05) is 16.8 Å². The minimum Gasteiger partial charge on any atom is -0.325 e. The van der Waals surface area contributed by atoms with Gasteiger partial charge >= 0.3 is 0 Å². The number of carbonyl (C=O) groups excluding carboxylic acids is 2. The lowest BCUT2D eigenvalue weighted by molar-refractivity contribution is -0.122. The van der Waals surface area contributed by atoms with E-state index in [1.807, 2.05) is 49.4 Å². The van der Waals surface area contributed by atoms with Gasteiger partial charge in [-0.15, -0.1) is 0 Å². The molecule has 2 aromatic carbocycles. The summed E-state index contributed by atoms with van der Waals surface area (Å²) in [5.41, 5.74) is 5.20. The Labute approximate surface area is 155 Å². The maximum atomic E-state index is 12.8. The van der Waals surface area contributed by atoms with Crippen LogP contribution in [0.15, 0.2) is 42.5 Å². The number of para-hydroxylation sites is 1. The van der Waals surface area contributed by atoms with Crippen LogP contribution in [0.4, 0.5) is 11.4 Å². The Morgan fingerprint density at radius 1 is 1.08 bits per heavy atom. The number of amides is 2. The topological polar surface area (TPSA) is 49.4 Å². The molecule has 2 amide bonds. The van der Waals surface area contributed by atoms with Crippen LogP contribution in [0.25, 0.3) is 0 Å². The summed E-state index contributed by atoms with van der Waals surface area (Å²) in [6, 6.07) is 14.0. The zero-order valence-corrected chi connectivity index (χ0v) is 15.7. The van der Waals surface area contributed by atoms with Crippen molar-refractivity contribution in [1.82, 2.24) is 0 Å². The molecule has 0 unspecified atom stereocenters. The Morgan fingerprint density at radius 2 is 1.69 bits per heavy atom. The molecule has 1 fully saturated rings. The molecule has 1 aliphatic heterocycles. The first-order chi connectivity index (χ1) is 12.5. The third-order valence-electron chi connectivity index (χ3n) is 5.09. The Balaban J connectivity index is 1.76. The summed E-state index contributed by atoms with van der Waals surface area (Å²) < 4.78 is 0. The molecule has 1 saturated heterocycles. The Kier molecular flexibility index (Phi) is 5.40. The number of anilines is 2. The predicted molar refractivity (Wildman–Crippen MR) is 105 cm³/mol. The van der Waals surface area contributed by atoms with Gasteiger partial charge in [0.1, 0.15) is 0 Å². The molecule has 0 saturated carbocycles. The van der Waals surface area contributed by atoms with E-state index in [2.05, 4.69) is 19.2 Å². The fourth-order valence-electron chi connectivity index (χ4n) is 3.49. The van der Waals surface area contributed by atoms with Gasteiger partial charge in [0.2, 0.25) is 11.8 Å². The maximum Gasteiger partial charge on any atom is 0.229 e. The second kappa shape index (κ2) is 7.73. The average Bonchev–Trinajstić information content (AvgIpc) is 3.04. The normalized spacial score (nSPS) is 16.8. The molecule has 3 rings (SSSR count). The van der Waals surface area contributed by atoms with Crippen LogP contribution in [0.1, 0.15) is 37.0 Å². The third kappa shape index (κ3) is 3.64. The number of benzene rings is 2. The highest BCUT2D eigenvalue weighted by Crippen LogP contribution is 2.28. The molecule has 26 heavy (non-hydrogen) atoms. The first-order valence-corrected chi connectivity index (χ1v) is 9.32. The number of nitrogens with zero attached hydrogens (tertiary/aromatic N) is 1. The standard InChI is InChI=1S/C22H26N2O2/c1-4-16-7-6-8-17(5-2)21(16)23-22(26)18-13-20(25)24(14-18)19-11-9-15(3)10-12-19/h6-12,18H,4-5,13-14H2,1-3H3,(H,23,26)/t18-/m0/s1. The SMILES string of the molecule is CCc1cccc(CC)c1NC(=O)[C@H]1CC(=O)N(c2ccc(C)cc2)C1. The zero-order valence-electron chi connectivity index (χ0n) is 15.7. The quantitative estimate of drug-likeness (QED) is 0.882. The molecule has 1 N–H and O–H groups in total. The van der Waals surface area contributed by atoms with E-state index in [0.717, 1.165) is 40.9 Å². The molecule has 1 heterocycles. The van der Waals surface area contributed by atoms with Crippen molar-refractivity contribution in [3.63, 3.8) is 0 Å².